The first-order valence-corrected chi connectivity index (χ1v) is 7.79. The van der Waals surface area contributed by atoms with Gasteiger partial charge in [0.15, 0.2) is 0 Å². The van der Waals surface area contributed by atoms with E-state index in [4.69, 9.17) is 4.74 Å². The van der Waals surface area contributed by atoms with Gasteiger partial charge < -0.3 is 4.74 Å². The molecule has 96 valence electrons. The molecule has 0 amide bonds. The fourth-order valence-corrected chi connectivity index (χ4v) is 3.29. The number of alkyl halides is 1. The molecule has 0 saturated carbocycles. The number of hydrogen-bond acceptors (Lipinski definition) is 1. The van der Waals surface area contributed by atoms with Gasteiger partial charge in [-0.2, -0.15) is 0 Å². The van der Waals surface area contributed by atoms with Crippen LogP contribution in [0.2, 0.25) is 0 Å². The van der Waals surface area contributed by atoms with Gasteiger partial charge in [-0.3, -0.25) is 0 Å². The Balaban J connectivity index is 2.42. The van der Waals surface area contributed by atoms with Crippen molar-refractivity contribution in [2.75, 3.05) is 11.9 Å². The molecule has 0 saturated heterocycles. The van der Waals surface area contributed by atoms with E-state index in [0.29, 0.717) is 11.3 Å². The average molecular weight is 364 g/mol. The van der Waals surface area contributed by atoms with Crippen molar-refractivity contribution in [2.24, 2.45) is 11.3 Å². The minimum absolute atomic E-state index is 0.324. The summed E-state index contributed by atoms with van der Waals surface area (Å²) in [6, 6.07) is 7.99. The summed E-state index contributed by atoms with van der Waals surface area (Å²) in [5.74, 6) is 1.57. The first-order chi connectivity index (χ1) is 7.93. The van der Waals surface area contributed by atoms with Gasteiger partial charge in [-0.1, -0.05) is 58.7 Å². The Kier molecular flexibility index (Phi) is 6.01. The van der Waals surface area contributed by atoms with Crippen molar-refractivity contribution in [3.05, 3.63) is 28.7 Å². The number of benzene rings is 1. The molecule has 1 unspecified atom stereocenters. The largest absolute Gasteiger partial charge is 0.494 e. The molecule has 0 aromatic heterocycles. The van der Waals surface area contributed by atoms with Crippen molar-refractivity contribution in [3.8, 4) is 5.75 Å². The van der Waals surface area contributed by atoms with Crippen LogP contribution in [0, 0.1) is 11.3 Å². The van der Waals surface area contributed by atoms with E-state index in [1.807, 2.05) is 24.3 Å². The van der Waals surface area contributed by atoms with Gasteiger partial charge >= 0.3 is 0 Å². The van der Waals surface area contributed by atoms with Crippen LogP contribution in [0.3, 0.4) is 0 Å². The average Bonchev–Trinajstić information content (AvgIpc) is 2.22. The maximum Gasteiger partial charge on any atom is 0.120 e. The molecular formula is C14H20Br2O. The normalized spacial score (nSPS) is 13.5. The van der Waals surface area contributed by atoms with Crippen LogP contribution >= 0.6 is 31.9 Å². The maximum atomic E-state index is 5.76. The summed E-state index contributed by atoms with van der Waals surface area (Å²) in [6.07, 6.45) is 1.07. The Morgan fingerprint density at radius 2 is 2.00 bits per heavy atom. The number of ether oxygens (including phenoxy) is 1. The molecule has 1 atom stereocenters. The molecule has 0 aliphatic heterocycles. The van der Waals surface area contributed by atoms with E-state index in [2.05, 4.69) is 52.6 Å². The predicted octanol–water partition coefficient (Wildman–Crippen LogP) is 5.28. The van der Waals surface area contributed by atoms with Gasteiger partial charge in [-0.25, -0.2) is 0 Å². The lowest BCUT2D eigenvalue weighted by molar-refractivity contribution is 0.203. The third kappa shape index (κ3) is 5.43. The van der Waals surface area contributed by atoms with Gasteiger partial charge in [0.05, 0.1) is 6.61 Å². The van der Waals surface area contributed by atoms with Crippen LogP contribution in [-0.4, -0.2) is 11.9 Å². The van der Waals surface area contributed by atoms with Crippen LogP contribution in [0.5, 0.6) is 5.75 Å². The molecule has 0 heterocycles. The standard InChI is InChI=1S/C14H20Br2O/c1-14(2,3)11(10-15)7-8-17-13-6-4-5-12(16)9-13/h4-6,9,11H,7-8,10H2,1-3H3. The smallest absolute Gasteiger partial charge is 0.120 e. The highest BCUT2D eigenvalue weighted by Crippen LogP contribution is 2.30. The van der Waals surface area contributed by atoms with E-state index in [9.17, 15) is 0 Å². The summed E-state index contributed by atoms with van der Waals surface area (Å²) in [7, 11) is 0. The number of halogens is 2. The highest BCUT2D eigenvalue weighted by molar-refractivity contribution is 9.10. The zero-order chi connectivity index (χ0) is 12.9. The molecule has 17 heavy (non-hydrogen) atoms. The van der Waals surface area contributed by atoms with Gasteiger partial charge in [-0.05, 0) is 36.0 Å². The molecule has 0 spiro atoms. The second-order valence-corrected chi connectivity index (χ2v) is 6.87. The molecule has 1 aromatic rings. The lowest BCUT2D eigenvalue weighted by Gasteiger charge is -2.29. The third-order valence-corrected chi connectivity index (χ3v) is 4.22. The summed E-state index contributed by atoms with van der Waals surface area (Å²) in [5.41, 5.74) is 0.324. The summed E-state index contributed by atoms with van der Waals surface area (Å²) in [5, 5.41) is 1.03. The minimum atomic E-state index is 0.324. The quantitative estimate of drug-likeness (QED) is 0.647. The van der Waals surface area contributed by atoms with Crippen molar-refractivity contribution in [2.45, 2.75) is 27.2 Å². The summed E-state index contributed by atoms with van der Waals surface area (Å²) < 4.78 is 6.82. The second-order valence-electron chi connectivity index (χ2n) is 5.31. The molecule has 0 fully saturated rings. The van der Waals surface area contributed by atoms with E-state index in [1.165, 1.54) is 0 Å². The van der Waals surface area contributed by atoms with Crippen LogP contribution in [0.1, 0.15) is 27.2 Å². The lowest BCUT2D eigenvalue weighted by Crippen LogP contribution is -2.23. The van der Waals surface area contributed by atoms with Gasteiger partial charge in [-0.15, -0.1) is 0 Å². The molecule has 0 radical (unpaired) electrons. The number of rotatable bonds is 5. The Morgan fingerprint density at radius 3 is 2.53 bits per heavy atom. The predicted molar refractivity (Wildman–Crippen MR) is 81.0 cm³/mol. The molecule has 1 nitrogen and oxygen atoms in total. The Labute approximate surface area is 121 Å². The molecule has 0 N–H and O–H groups in total. The van der Waals surface area contributed by atoms with Gasteiger partial charge in [0.2, 0.25) is 0 Å². The van der Waals surface area contributed by atoms with Gasteiger partial charge in [0.1, 0.15) is 5.75 Å². The summed E-state index contributed by atoms with van der Waals surface area (Å²) in [6.45, 7) is 7.60. The van der Waals surface area contributed by atoms with Crippen molar-refractivity contribution >= 4 is 31.9 Å². The maximum absolute atomic E-state index is 5.76. The lowest BCUT2D eigenvalue weighted by atomic mass is 9.80. The van der Waals surface area contributed by atoms with Crippen LogP contribution in [0.4, 0.5) is 0 Å². The molecule has 3 heteroatoms. The zero-order valence-corrected chi connectivity index (χ0v) is 13.8. The Morgan fingerprint density at radius 1 is 1.29 bits per heavy atom. The molecule has 0 aliphatic rings. The fourth-order valence-electron chi connectivity index (χ4n) is 1.62. The first kappa shape index (κ1) is 15.0. The monoisotopic (exact) mass is 362 g/mol. The van der Waals surface area contributed by atoms with E-state index in [0.717, 1.165) is 28.6 Å². The van der Waals surface area contributed by atoms with Gasteiger partial charge in [0, 0.05) is 9.80 Å². The molecule has 1 rings (SSSR count). The topological polar surface area (TPSA) is 9.23 Å². The van der Waals surface area contributed by atoms with Crippen LogP contribution < -0.4 is 4.74 Å². The van der Waals surface area contributed by atoms with Crippen LogP contribution in [0.25, 0.3) is 0 Å². The van der Waals surface area contributed by atoms with E-state index >= 15 is 0 Å². The molecule has 1 aromatic carbocycles. The fraction of sp³-hybridized carbons (Fsp3) is 0.571. The van der Waals surface area contributed by atoms with Crippen molar-refractivity contribution in [1.29, 1.82) is 0 Å². The highest BCUT2D eigenvalue weighted by atomic mass is 79.9. The molecular weight excluding hydrogens is 344 g/mol. The second kappa shape index (κ2) is 6.79. The Hall–Kier alpha value is -0.0200. The zero-order valence-electron chi connectivity index (χ0n) is 10.7. The van der Waals surface area contributed by atoms with Crippen molar-refractivity contribution in [1.82, 2.24) is 0 Å². The first-order valence-electron chi connectivity index (χ1n) is 5.88. The van der Waals surface area contributed by atoms with Crippen LogP contribution in [0.15, 0.2) is 28.7 Å². The highest BCUT2D eigenvalue weighted by Gasteiger charge is 2.23. The van der Waals surface area contributed by atoms with Crippen LogP contribution in [-0.2, 0) is 0 Å². The summed E-state index contributed by atoms with van der Waals surface area (Å²) >= 11 is 7.03. The number of hydrogen-bond donors (Lipinski definition) is 0. The molecule has 0 bridgehead atoms. The minimum Gasteiger partial charge on any atom is -0.494 e. The summed E-state index contributed by atoms with van der Waals surface area (Å²) in [4.78, 5) is 0. The molecule has 0 aliphatic carbocycles. The Bertz CT molecular complexity index is 344. The SMILES string of the molecule is CC(C)(C)C(CBr)CCOc1cccc(Br)c1. The third-order valence-electron chi connectivity index (χ3n) is 2.94. The van der Waals surface area contributed by atoms with E-state index < -0.39 is 0 Å². The van der Waals surface area contributed by atoms with Crippen molar-refractivity contribution < 1.29 is 4.74 Å². The van der Waals surface area contributed by atoms with Crippen molar-refractivity contribution in [3.63, 3.8) is 0 Å². The van der Waals surface area contributed by atoms with Gasteiger partial charge in [0.25, 0.3) is 0 Å². The van der Waals surface area contributed by atoms with E-state index in [1.54, 1.807) is 0 Å². The van der Waals surface area contributed by atoms with E-state index in [-0.39, 0.29) is 0 Å².